The molecule has 1 amide bonds. The first kappa shape index (κ1) is 11.7. The summed E-state index contributed by atoms with van der Waals surface area (Å²) in [7, 11) is 0. The molecule has 0 spiro atoms. The molecule has 0 aliphatic heterocycles. The van der Waals surface area contributed by atoms with Gasteiger partial charge < -0.3 is 9.73 Å². The normalized spacial score (nSPS) is 10.8. The van der Waals surface area contributed by atoms with Crippen molar-refractivity contribution < 1.29 is 9.21 Å². The van der Waals surface area contributed by atoms with Gasteiger partial charge in [0.1, 0.15) is 0 Å². The summed E-state index contributed by atoms with van der Waals surface area (Å²) in [6.07, 6.45) is 0. The first-order chi connectivity index (χ1) is 8.06. The van der Waals surface area contributed by atoms with E-state index in [1.807, 2.05) is 13.8 Å². The van der Waals surface area contributed by atoms with Crippen LogP contribution in [0, 0.1) is 0 Å². The summed E-state index contributed by atoms with van der Waals surface area (Å²) in [5.74, 6) is 0.570. The lowest BCUT2D eigenvalue weighted by molar-refractivity contribution is 0.0996. The summed E-state index contributed by atoms with van der Waals surface area (Å²) in [6.45, 7) is 4.07. The molecule has 2 N–H and O–H groups in total. The number of furan rings is 1. The average molecular weight is 254 g/mol. The Morgan fingerprint density at radius 2 is 2.29 bits per heavy atom. The Kier molecular flexibility index (Phi) is 3.19. The van der Waals surface area contributed by atoms with Crippen molar-refractivity contribution in [3.63, 3.8) is 0 Å². The van der Waals surface area contributed by atoms with Gasteiger partial charge in [0.15, 0.2) is 16.8 Å². The zero-order valence-electron chi connectivity index (χ0n) is 9.45. The van der Waals surface area contributed by atoms with Gasteiger partial charge in [-0.25, -0.2) is 0 Å². The SMILES string of the molecule is CC(C)c1cc(NC(=O)c2ccc(Cl)o2)n[nH]1. The second kappa shape index (κ2) is 4.63. The highest BCUT2D eigenvalue weighted by atomic mass is 35.5. The van der Waals surface area contributed by atoms with Gasteiger partial charge in [-0.2, -0.15) is 5.10 Å². The number of H-pyrrole nitrogens is 1. The largest absolute Gasteiger partial charge is 0.440 e. The molecule has 0 saturated heterocycles. The van der Waals surface area contributed by atoms with Gasteiger partial charge in [-0.1, -0.05) is 13.8 Å². The lowest BCUT2D eigenvalue weighted by Crippen LogP contribution is -2.10. The molecule has 5 nitrogen and oxygen atoms in total. The molecular weight excluding hydrogens is 242 g/mol. The highest BCUT2D eigenvalue weighted by Crippen LogP contribution is 2.17. The molecule has 0 radical (unpaired) electrons. The molecule has 90 valence electrons. The van der Waals surface area contributed by atoms with Crippen LogP contribution in [-0.4, -0.2) is 16.1 Å². The fourth-order valence-electron chi connectivity index (χ4n) is 1.31. The molecule has 0 fully saturated rings. The minimum Gasteiger partial charge on any atom is -0.440 e. The Balaban J connectivity index is 2.07. The van der Waals surface area contributed by atoms with E-state index in [1.54, 1.807) is 6.07 Å². The first-order valence-corrected chi connectivity index (χ1v) is 5.56. The van der Waals surface area contributed by atoms with Crippen LogP contribution in [0.4, 0.5) is 5.82 Å². The van der Waals surface area contributed by atoms with Crippen molar-refractivity contribution in [1.29, 1.82) is 0 Å². The molecule has 2 heterocycles. The Hall–Kier alpha value is -1.75. The number of hydrogen-bond donors (Lipinski definition) is 2. The van der Waals surface area contributed by atoms with E-state index in [0.29, 0.717) is 11.7 Å². The second-order valence-electron chi connectivity index (χ2n) is 3.92. The summed E-state index contributed by atoms with van der Waals surface area (Å²) in [6, 6.07) is 4.81. The van der Waals surface area contributed by atoms with E-state index in [-0.39, 0.29) is 16.9 Å². The van der Waals surface area contributed by atoms with Gasteiger partial charge in [0.2, 0.25) is 0 Å². The maximum atomic E-state index is 11.7. The zero-order chi connectivity index (χ0) is 12.4. The van der Waals surface area contributed by atoms with Gasteiger partial charge in [-0.3, -0.25) is 9.89 Å². The number of anilines is 1. The Morgan fingerprint density at radius 3 is 2.82 bits per heavy atom. The van der Waals surface area contributed by atoms with Crippen LogP contribution in [0.15, 0.2) is 22.6 Å². The molecule has 0 saturated carbocycles. The third kappa shape index (κ3) is 2.68. The topological polar surface area (TPSA) is 70.9 Å². The number of aromatic nitrogens is 2. The van der Waals surface area contributed by atoms with Crippen LogP contribution < -0.4 is 5.32 Å². The molecule has 0 unspecified atom stereocenters. The molecule has 0 aliphatic rings. The first-order valence-electron chi connectivity index (χ1n) is 5.18. The van der Waals surface area contributed by atoms with Crippen LogP contribution in [0.1, 0.15) is 36.0 Å². The number of nitrogens with zero attached hydrogens (tertiary/aromatic N) is 1. The molecule has 17 heavy (non-hydrogen) atoms. The summed E-state index contributed by atoms with van der Waals surface area (Å²) in [4.78, 5) is 11.7. The van der Waals surface area contributed by atoms with Crippen LogP contribution in [0.2, 0.25) is 5.22 Å². The molecule has 2 aromatic rings. The van der Waals surface area contributed by atoms with E-state index in [2.05, 4.69) is 15.5 Å². The fourth-order valence-corrected chi connectivity index (χ4v) is 1.46. The maximum absolute atomic E-state index is 11.7. The van der Waals surface area contributed by atoms with Crippen molar-refractivity contribution in [3.8, 4) is 0 Å². The van der Waals surface area contributed by atoms with Crippen LogP contribution in [0.5, 0.6) is 0 Å². The van der Waals surface area contributed by atoms with E-state index < -0.39 is 0 Å². The summed E-state index contributed by atoms with van der Waals surface area (Å²) >= 11 is 5.58. The Labute approximate surface area is 103 Å². The van der Waals surface area contributed by atoms with Crippen molar-refractivity contribution >= 4 is 23.3 Å². The van der Waals surface area contributed by atoms with Crippen molar-refractivity contribution in [1.82, 2.24) is 10.2 Å². The number of halogens is 1. The van der Waals surface area contributed by atoms with E-state index in [4.69, 9.17) is 16.0 Å². The van der Waals surface area contributed by atoms with Crippen LogP contribution >= 0.6 is 11.6 Å². The summed E-state index contributed by atoms with van der Waals surface area (Å²) < 4.78 is 4.99. The summed E-state index contributed by atoms with van der Waals surface area (Å²) in [5.41, 5.74) is 0.956. The highest BCUT2D eigenvalue weighted by Gasteiger charge is 2.13. The van der Waals surface area contributed by atoms with Gasteiger partial charge in [-0.05, 0) is 29.7 Å². The zero-order valence-corrected chi connectivity index (χ0v) is 10.2. The number of amides is 1. The average Bonchev–Trinajstić information content (AvgIpc) is 2.86. The monoisotopic (exact) mass is 253 g/mol. The Morgan fingerprint density at radius 1 is 1.53 bits per heavy atom. The summed E-state index contributed by atoms with van der Waals surface area (Å²) in [5, 5.41) is 9.62. The molecule has 2 rings (SSSR count). The molecule has 6 heteroatoms. The van der Waals surface area contributed by atoms with Gasteiger partial charge in [0, 0.05) is 11.8 Å². The van der Waals surface area contributed by atoms with E-state index >= 15 is 0 Å². The van der Waals surface area contributed by atoms with Crippen LogP contribution in [0.3, 0.4) is 0 Å². The van der Waals surface area contributed by atoms with Crippen molar-refractivity contribution in [2.75, 3.05) is 5.32 Å². The predicted octanol–water partition coefficient (Wildman–Crippen LogP) is 3.03. The number of hydrogen-bond acceptors (Lipinski definition) is 3. The molecule has 0 atom stereocenters. The number of aromatic amines is 1. The van der Waals surface area contributed by atoms with Crippen molar-refractivity contribution in [2.24, 2.45) is 0 Å². The third-order valence-corrected chi connectivity index (χ3v) is 2.46. The number of carbonyl (C=O) groups is 1. The fraction of sp³-hybridized carbons (Fsp3) is 0.273. The maximum Gasteiger partial charge on any atom is 0.292 e. The lowest BCUT2D eigenvalue weighted by atomic mass is 10.1. The number of carbonyl (C=O) groups excluding carboxylic acids is 1. The standard InChI is InChI=1S/C11H12ClN3O2/c1-6(2)7-5-10(15-14-7)13-11(16)8-3-4-9(12)17-8/h3-6H,1-2H3,(H2,13,14,15,16). The lowest BCUT2D eigenvalue weighted by Gasteiger charge is -1.98. The predicted molar refractivity (Wildman–Crippen MR) is 64.3 cm³/mol. The van der Waals surface area contributed by atoms with Crippen molar-refractivity contribution in [2.45, 2.75) is 19.8 Å². The Bertz CT molecular complexity index is 530. The van der Waals surface area contributed by atoms with E-state index in [9.17, 15) is 4.79 Å². The van der Waals surface area contributed by atoms with Gasteiger partial charge in [-0.15, -0.1) is 0 Å². The van der Waals surface area contributed by atoms with Gasteiger partial charge in [0.05, 0.1) is 0 Å². The van der Waals surface area contributed by atoms with Gasteiger partial charge >= 0.3 is 0 Å². The minimum absolute atomic E-state index is 0.157. The van der Waals surface area contributed by atoms with E-state index in [1.165, 1.54) is 12.1 Å². The van der Waals surface area contributed by atoms with Crippen molar-refractivity contribution in [3.05, 3.63) is 34.9 Å². The molecule has 0 aromatic carbocycles. The minimum atomic E-state index is -0.376. The highest BCUT2D eigenvalue weighted by molar-refractivity contribution is 6.29. The molecule has 2 aromatic heterocycles. The number of nitrogens with one attached hydrogen (secondary N) is 2. The van der Waals surface area contributed by atoms with Crippen LogP contribution in [-0.2, 0) is 0 Å². The molecule has 0 bridgehead atoms. The second-order valence-corrected chi connectivity index (χ2v) is 4.29. The quantitative estimate of drug-likeness (QED) is 0.883. The van der Waals surface area contributed by atoms with Crippen LogP contribution in [0.25, 0.3) is 0 Å². The van der Waals surface area contributed by atoms with E-state index in [0.717, 1.165) is 5.69 Å². The third-order valence-electron chi connectivity index (χ3n) is 2.26. The van der Waals surface area contributed by atoms with Gasteiger partial charge in [0.25, 0.3) is 5.91 Å². The molecular formula is C11H12ClN3O2. The number of rotatable bonds is 3. The molecule has 0 aliphatic carbocycles. The smallest absolute Gasteiger partial charge is 0.292 e.